The summed E-state index contributed by atoms with van der Waals surface area (Å²) >= 11 is 0. The van der Waals surface area contributed by atoms with Gasteiger partial charge in [-0.15, -0.1) is 0 Å². The molecular formula is C20H24N2O4S. The van der Waals surface area contributed by atoms with E-state index in [-0.39, 0.29) is 17.2 Å². The Morgan fingerprint density at radius 1 is 1.11 bits per heavy atom. The van der Waals surface area contributed by atoms with Crippen LogP contribution in [0.4, 0.5) is 5.69 Å². The first-order valence-electron chi connectivity index (χ1n) is 9.08. The van der Waals surface area contributed by atoms with Gasteiger partial charge in [-0.3, -0.25) is 4.79 Å². The maximum Gasteiger partial charge on any atom is 0.243 e. The van der Waals surface area contributed by atoms with E-state index in [1.807, 2.05) is 18.2 Å². The van der Waals surface area contributed by atoms with Crippen molar-refractivity contribution in [1.29, 1.82) is 0 Å². The number of benzene rings is 2. The van der Waals surface area contributed by atoms with Gasteiger partial charge in [0.25, 0.3) is 0 Å². The van der Waals surface area contributed by atoms with E-state index in [9.17, 15) is 13.2 Å². The molecule has 0 spiro atoms. The van der Waals surface area contributed by atoms with Crippen molar-refractivity contribution in [1.82, 2.24) is 4.31 Å². The second-order valence-corrected chi connectivity index (χ2v) is 8.32. The third-order valence-electron chi connectivity index (χ3n) is 4.60. The van der Waals surface area contributed by atoms with Crippen LogP contribution in [0.5, 0.6) is 5.75 Å². The fraction of sp³-hybridized carbons (Fsp3) is 0.350. The number of rotatable bonds is 7. The van der Waals surface area contributed by atoms with E-state index in [2.05, 4.69) is 5.32 Å². The van der Waals surface area contributed by atoms with E-state index >= 15 is 0 Å². The minimum Gasteiger partial charge on any atom is -0.493 e. The third kappa shape index (κ3) is 4.31. The molecule has 0 saturated heterocycles. The maximum absolute atomic E-state index is 12.5. The maximum atomic E-state index is 12.5. The number of fused-ring (bicyclic) bond motifs is 1. The smallest absolute Gasteiger partial charge is 0.243 e. The highest BCUT2D eigenvalue weighted by Crippen LogP contribution is 2.26. The Balaban J connectivity index is 1.65. The lowest BCUT2D eigenvalue weighted by Gasteiger charge is -2.18. The van der Waals surface area contributed by atoms with Crippen molar-refractivity contribution in [3.63, 3.8) is 0 Å². The van der Waals surface area contributed by atoms with Gasteiger partial charge in [0.1, 0.15) is 5.75 Å². The van der Waals surface area contributed by atoms with Crippen LogP contribution in [0, 0.1) is 0 Å². The standard InChI is InChI=1S/C20H24N2O4S/c1-3-22(4-2)27(24,25)18-8-6-17(7-9-18)21-20(23)14-15-5-10-19-16(13-15)11-12-26-19/h5-10,13H,3-4,11-12,14H2,1-2H3,(H,21,23). The average Bonchev–Trinajstić information content (AvgIpc) is 3.10. The zero-order valence-electron chi connectivity index (χ0n) is 15.6. The molecule has 2 aromatic rings. The van der Waals surface area contributed by atoms with E-state index < -0.39 is 10.0 Å². The molecule has 0 aliphatic carbocycles. The van der Waals surface area contributed by atoms with Gasteiger partial charge in [-0.1, -0.05) is 26.0 Å². The summed E-state index contributed by atoms with van der Waals surface area (Å²) < 4.78 is 31.9. The Labute approximate surface area is 160 Å². The molecule has 6 nitrogen and oxygen atoms in total. The van der Waals surface area contributed by atoms with Crippen molar-refractivity contribution in [3.05, 3.63) is 53.6 Å². The van der Waals surface area contributed by atoms with Crippen molar-refractivity contribution in [2.45, 2.75) is 31.6 Å². The number of hydrogen-bond acceptors (Lipinski definition) is 4. The Hall–Kier alpha value is -2.38. The lowest BCUT2D eigenvalue weighted by atomic mass is 10.1. The molecule has 1 aliphatic heterocycles. The van der Waals surface area contributed by atoms with Gasteiger partial charge < -0.3 is 10.1 Å². The summed E-state index contributed by atoms with van der Waals surface area (Å²) in [5.41, 5.74) is 2.63. The zero-order chi connectivity index (χ0) is 19.4. The van der Waals surface area contributed by atoms with Gasteiger partial charge in [-0.25, -0.2) is 8.42 Å². The first-order chi connectivity index (χ1) is 12.9. The predicted molar refractivity (Wildman–Crippen MR) is 105 cm³/mol. The van der Waals surface area contributed by atoms with Gasteiger partial charge in [0.15, 0.2) is 0 Å². The van der Waals surface area contributed by atoms with Crippen molar-refractivity contribution in [2.75, 3.05) is 25.0 Å². The fourth-order valence-electron chi connectivity index (χ4n) is 3.16. The average molecular weight is 388 g/mol. The summed E-state index contributed by atoms with van der Waals surface area (Å²) in [5, 5.41) is 2.82. The number of carbonyl (C=O) groups is 1. The van der Waals surface area contributed by atoms with Crippen LogP contribution in [0.1, 0.15) is 25.0 Å². The first kappa shape index (κ1) is 19.4. The van der Waals surface area contributed by atoms with Gasteiger partial charge in [0.05, 0.1) is 17.9 Å². The number of carbonyl (C=O) groups excluding carboxylic acids is 1. The molecule has 7 heteroatoms. The van der Waals surface area contributed by atoms with Gasteiger partial charge >= 0.3 is 0 Å². The first-order valence-corrected chi connectivity index (χ1v) is 10.5. The monoisotopic (exact) mass is 388 g/mol. The Morgan fingerprint density at radius 2 is 1.81 bits per heavy atom. The van der Waals surface area contributed by atoms with Crippen LogP contribution in [-0.2, 0) is 27.7 Å². The predicted octanol–water partition coefficient (Wildman–Crippen LogP) is 2.83. The summed E-state index contributed by atoms with van der Waals surface area (Å²) in [6.45, 7) is 5.14. The third-order valence-corrected chi connectivity index (χ3v) is 6.66. The molecule has 1 N–H and O–H groups in total. The Morgan fingerprint density at radius 3 is 2.48 bits per heavy atom. The van der Waals surface area contributed by atoms with Gasteiger partial charge in [0, 0.05) is 25.2 Å². The zero-order valence-corrected chi connectivity index (χ0v) is 16.4. The van der Waals surface area contributed by atoms with Crippen LogP contribution in [0.3, 0.4) is 0 Å². The van der Waals surface area contributed by atoms with Crippen LogP contribution in [-0.4, -0.2) is 38.3 Å². The van der Waals surface area contributed by atoms with E-state index in [4.69, 9.17) is 4.74 Å². The normalized spacial score (nSPS) is 13.3. The van der Waals surface area contributed by atoms with Crippen molar-refractivity contribution < 1.29 is 17.9 Å². The van der Waals surface area contributed by atoms with Crippen molar-refractivity contribution >= 4 is 21.6 Å². The molecule has 2 aromatic carbocycles. The summed E-state index contributed by atoms with van der Waals surface area (Å²) in [5.74, 6) is 0.748. The summed E-state index contributed by atoms with van der Waals surface area (Å²) in [6, 6.07) is 12.1. The highest BCUT2D eigenvalue weighted by molar-refractivity contribution is 7.89. The lowest BCUT2D eigenvalue weighted by Crippen LogP contribution is -2.30. The molecule has 0 unspecified atom stereocenters. The van der Waals surface area contributed by atoms with E-state index in [0.717, 1.165) is 23.3 Å². The van der Waals surface area contributed by atoms with E-state index in [0.29, 0.717) is 25.4 Å². The number of hydrogen-bond donors (Lipinski definition) is 1. The Bertz CT molecular complexity index is 919. The number of nitrogens with one attached hydrogen (secondary N) is 1. The number of nitrogens with zero attached hydrogens (tertiary/aromatic N) is 1. The van der Waals surface area contributed by atoms with Crippen LogP contribution >= 0.6 is 0 Å². The highest BCUT2D eigenvalue weighted by Gasteiger charge is 2.21. The molecule has 0 fully saturated rings. The van der Waals surface area contributed by atoms with Gasteiger partial charge in [-0.2, -0.15) is 4.31 Å². The highest BCUT2D eigenvalue weighted by atomic mass is 32.2. The van der Waals surface area contributed by atoms with E-state index in [1.54, 1.807) is 26.0 Å². The molecule has 0 bridgehead atoms. The molecule has 27 heavy (non-hydrogen) atoms. The fourth-order valence-corrected chi connectivity index (χ4v) is 4.62. The van der Waals surface area contributed by atoms with Crippen LogP contribution in [0.25, 0.3) is 0 Å². The topological polar surface area (TPSA) is 75.7 Å². The second kappa shape index (κ2) is 8.10. The quantitative estimate of drug-likeness (QED) is 0.791. The molecule has 0 saturated carbocycles. The molecule has 1 heterocycles. The lowest BCUT2D eigenvalue weighted by molar-refractivity contribution is -0.115. The van der Waals surface area contributed by atoms with Gasteiger partial charge in [0.2, 0.25) is 15.9 Å². The van der Waals surface area contributed by atoms with Crippen LogP contribution < -0.4 is 10.1 Å². The molecule has 3 rings (SSSR count). The molecule has 0 radical (unpaired) electrons. The second-order valence-electron chi connectivity index (χ2n) is 6.38. The van der Waals surface area contributed by atoms with Crippen molar-refractivity contribution in [2.24, 2.45) is 0 Å². The SMILES string of the molecule is CCN(CC)S(=O)(=O)c1ccc(NC(=O)Cc2ccc3c(c2)CCO3)cc1. The Kier molecular flexibility index (Phi) is 5.82. The minimum atomic E-state index is -3.49. The summed E-state index contributed by atoms with van der Waals surface area (Å²) in [7, 11) is -3.49. The number of amides is 1. The summed E-state index contributed by atoms with van der Waals surface area (Å²) in [6.07, 6.45) is 1.13. The minimum absolute atomic E-state index is 0.145. The summed E-state index contributed by atoms with van der Waals surface area (Å²) in [4.78, 5) is 12.5. The van der Waals surface area contributed by atoms with Crippen LogP contribution in [0.2, 0.25) is 0 Å². The largest absolute Gasteiger partial charge is 0.493 e. The number of anilines is 1. The molecule has 0 aromatic heterocycles. The number of sulfonamides is 1. The molecule has 1 aliphatic rings. The van der Waals surface area contributed by atoms with Crippen LogP contribution in [0.15, 0.2) is 47.4 Å². The molecule has 0 atom stereocenters. The van der Waals surface area contributed by atoms with Crippen molar-refractivity contribution in [3.8, 4) is 5.75 Å². The number of ether oxygens (including phenoxy) is 1. The molecular weight excluding hydrogens is 364 g/mol. The van der Waals surface area contributed by atoms with Gasteiger partial charge in [-0.05, 0) is 41.5 Å². The molecule has 144 valence electrons. The molecule has 1 amide bonds. The van der Waals surface area contributed by atoms with E-state index in [1.165, 1.54) is 16.4 Å².